The average molecular weight is 418 g/mol. The highest BCUT2D eigenvalue weighted by Crippen LogP contribution is 2.38. The van der Waals surface area contributed by atoms with Crippen molar-refractivity contribution in [3.63, 3.8) is 0 Å². The second-order valence-electron chi connectivity index (χ2n) is 7.37. The molecule has 0 bridgehead atoms. The number of nitrogens with one attached hydrogen (secondary N) is 1. The molecule has 28 heavy (non-hydrogen) atoms. The lowest BCUT2D eigenvalue weighted by Crippen LogP contribution is -2.35. The maximum absolute atomic E-state index is 12.5. The van der Waals surface area contributed by atoms with Gasteiger partial charge in [-0.05, 0) is 31.9 Å². The molecule has 3 amide bonds. The highest BCUT2D eigenvalue weighted by atomic mass is 32.1. The smallest absolute Gasteiger partial charge is 0.233 e. The summed E-state index contributed by atoms with van der Waals surface area (Å²) in [6.45, 7) is 2.61. The van der Waals surface area contributed by atoms with Crippen LogP contribution in [0.3, 0.4) is 0 Å². The normalized spacial score (nSPS) is 21.8. The number of nitrogens with zero attached hydrogens (tertiary/aromatic N) is 2. The first kappa shape index (κ1) is 19.3. The largest absolute Gasteiger partial charge is 0.351 e. The fourth-order valence-corrected chi connectivity index (χ4v) is 5.62. The Kier molecular flexibility index (Phi) is 5.59. The molecule has 0 aromatic carbocycles. The molecule has 2 aromatic rings. The van der Waals surface area contributed by atoms with Gasteiger partial charge in [0.25, 0.3) is 0 Å². The number of rotatable bonds is 6. The van der Waals surface area contributed by atoms with Crippen molar-refractivity contribution in [2.45, 2.75) is 45.6 Å². The Morgan fingerprint density at radius 1 is 1.21 bits per heavy atom. The van der Waals surface area contributed by atoms with Crippen LogP contribution in [-0.2, 0) is 20.9 Å². The number of aryl methyl sites for hydroxylation is 1. The summed E-state index contributed by atoms with van der Waals surface area (Å²) in [6.07, 6.45) is 3.78. The Labute approximate surface area is 172 Å². The first-order chi connectivity index (χ1) is 13.5. The molecule has 0 radical (unpaired) electrons. The molecule has 148 valence electrons. The van der Waals surface area contributed by atoms with Crippen LogP contribution in [0.4, 0.5) is 0 Å². The topological polar surface area (TPSA) is 79.4 Å². The summed E-state index contributed by atoms with van der Waals surface area (Å²) in [7, 11) is 0. The minimum absolute atomic E-state index is 0.0797. The van der Waals surface area contributed by atoms with Crippen LogP contribution in [0.2, 0.25) is 0 Å². The number of carbonyl (C=O) groups is 3. The molecule has 1 saturated carbocycles. The van der Waals surface area contributed by atoms with E-state index in [0.29, 0.717) is 6.54 Å². The number of carbonyl (C=O) groups excluding carboxylic acids is 3. The van der Waals surface area contributed by atoms with Gasteiger partial charge in [-0.3, -0.25) is 19.3 Å². The number of thiazole rings is 1. The van der Waals surface area contributed by atoms with Crippen LogP contribution in [0.5, 0.6) is 0 Å². The third kappa shape index (κ3) is 3.89. The first-order valence-corrected chi connectivity index (χ1v) is 11.4. The first-order valence-electron chi connectivity index (χ1n) is 9.66. The molecule has 1 N–H and O–H groups in total. The Morgan fingerprint density at radius 2 is 1.93 bits per heavy atom. The standard InChI is InChI=1S/C20H23N3O3S2/c1-12-22-16(11-27-12)17-7-6-13(28-17)10-21-18(24)8-9-23-19(25)14-4-2-3-5-15(14)20(23)26/h6-7,11,14-15H,2-5,8-10H2,1H3,(H,21,24). The Balaban J connectivity index is 1.27. The van der Waals surface area contributed by atoms with E-state index >= 15 is 0 Å². The summed E-state index contributed by atoms with van der Waals surface area (Å²) in [5.41, 5.74) is 0.970. The van der Waals surface area contributed by atoms with Crippen molar-refractivity contribution in [3.8, 4) is 10.6 Å². The highest BCUT2D eigenvalue weighted by Gasteiger charge is 2.47. The van der Waals surface area contributed by atoms with E-state index in [1.807, 2.05) is 24.4 Å². The second-order valence-corrected chi connectivity index (χ2v) is 9.60. The zero-order chi connectivity index (χ0) is 19.7. The van der Waals surface area contributed by atoms with Gasteiger partial charge in [0.2, 0.25) is 17.7 Å². The lowest BCUT2D eigenvalue weighted by atomic mass is 9.81. The van der Waals surface area contributed by atoms with E-state index in [2.05, 4.69) is 10.3 Å². The summed E-state index contributed by atoms with van der Waals surface area (Å²) < 4.78 is 0. The fourth-order valence-electron chi connectivity index (χ4n) is 4.03. The number of likely N-dealkylation sites (tertiary alicyclic amines) is 1. The summed E-state index contributed by atoms with van der Waals surface area (Å²) in [4.78, 5) is 45.0. The molecule has 3 heterocycles. The SMILES string of the molecule is Cc1nc(-c2ccc(CNC(=O)CCN3C(=O)C4CCCCC4C3=O)s2)cs1. The van der Waals surface area contributed by atoms with Gasteiger partial charge in [0.05, 0.1) is 34.0 Å². The van der Waals surface area contributed by atoms with Crippen LogP contribution < -0.4 is 5.32 Å². The number of hydrogen-bond donors (Lipinski definition) is 1. The number of aromatic nitrogens is 1. The van der Waals surface area contributed by atoms with Crippen molar-refractivity contribution < 1.29 is 14.4 Å². The molecule has 1 aliphatic heterocycles. The van der Waals surface area contributed by atoms with E-state index in [0.717, 1.165) is 46.1 Å². The van der Waals surface area contributed by atoms with Gasteiger partial charge in [-0.2, -0.15) is 0 Å². The molecule has 2 aromatic heterocycles. The molecule has 6 nitrogen and oxygen atoms in total. The van der Waals surface area contributed by atoms with Crippen molar-refractivity contribution in [1.82, 2.24) is 15.2 Å². The van der Waals surface area contributed by atoms with Gasteiger partial charge >= 0.3 is 0 Å². The third-order valence-corrected chi connectivity index (χ3v) is 7.37. The van der Waals surface area contributed by atoms with Crippen LogP contribution in [-0.4, -0.2) is 34.2 Å². The summed E-state index contributed by atoms with van der Waals surface area (Å²) in [5, 5.41) is 5.95. The zero-order valence-corrected chi connectivity index (χ0v) is 17.4. The van der Waals surface area contributed by atoms with E-state index in [1.165, 1.54) is 4.90 Å². The molecular formula is C20H23N3O3S2. The van der Waals surface area contributed by atoms with E-state index < -0.39 is 0 Å². The van der Waals surface area contributed by atoms with E-state index in [1.54, 1.807) is 22.7 Å². The quantitative estimate of drug-likeness (QED) is 0.731. The molecular weight excluding hydrogens is 394 g/mol. The summed E-state index contributed by atoms with van der Waals surface area (Å²) in [6, 6.07) is 4.01. The van der Waals surface area contributed by atoms with Crippen LogP contribution in [0, 0.1) is 18.8 Å². The van der Waals surface area contributed by atoms with Crippen molar-refractivity contribution in [2.24, 2.45) is 11.8 Å². The fraction of sp³-hybridized carbons (Fsp3) is 0.500. The molecule has 1 saturated heterocycles. The molecule has 0 spiro atoms. The number of imide groups is 1. The van der Waals surface area contributed by atoms with Gasteiger partial charge in [-0.1, -0.05) is 12.8 Å². The lowest BCUT2D eigenvalue weighted by Gasteiger charge is -2.19. The lowest BCUT2D eigenvalue weighted by molar-refractivity contribution is -0.140. The monoisotopic (exact) mass is 417 g/mol. The predicted octanol–water partition coefficient (Wildman–Crippen LogP) is 3.36. The number of thiophene rings is 1. The van der Waals surface area contributed by atoms with Gasteiger partial charge in [-0.25, -0.2) is 4.98 Å². The van der Waals surface area contributed by atoms with Crippen LogP contribution in [0.1, 0.15) is 42.0 Å². The Hall–Kier alpha value is -2.06. The van der Waals surface area contributed by atoms with Crippen molar-refractivity contribution in [1.29, 1.82) is 0 Å². The zero-order valence-electron chi connectivity index (χ0n) is 15.8. The van der Waals surface area contributed by atoms with E-state index in [4.69, 9.17) is 0 Å². The minimum atomic E-state index is -0.150. The molecule has 2 unspecified atom stereocenters. The number of hydrogen-bond acceptors (Lipinski definition) is 6. The molecule has 2 fully saturated rings. The summed E-state index contributed by atoms with van der Waals surface area (Å²) in [5.74, 6) is -0.603. The number of amides is 3. The van der Waals surface area contributed by atoms with Crippen LogP contribution >= 0.6 is 22.7 Å². The van der Waals surface area contributed by atoms with E-state index in [9.17, 15) is 14.4 Å². The Bertz CT molecular complexity index is 880. The van der Waals surface area contributed by atoms with Gasteiger partial charge in [0.1, 0.15) is 0 Å². The maximum atomic E-state index is 12.5. The molecule has 8 heteroatoms. The Morgan fingerprint density at radius 3 is 2.57 bits per heavy atom. The van der Waals surface area contributed by atoms with Gasteiger partial charge in [0, 0.05) is 23.2 Å². The molecule has 1 aliphatic carbocycles. The highest BCUT2D eigenvalue weighted by molar-refractivity contribution is 7.16. The average Bonchev–Trinajstić information content (AvgIpc) is 3.39. The van der Waals surface area contributed by atoms with Crippen molar-refractivity contribution in [3.05, 3.63) is 27.4 Å². The van der Waals surface area contributed by atoms with E-state index in [-0.39, 0.29) is 42.5 Å². The number of fused-ring (bicyclic) bond motifs is 1. The van der Waals surface area contributed by atoms with Crippen LogP contribution in [0.25, 0.3) is 10.6 Å². The third-order valence-electron chi connectivity index (χ3n) is 5.49. The van der Waals surface area contributed by atoms with Gasteiger partial charge in [0.15, 0.2) is 0 Å². The second kappa shape index (κ2) is 8.13. The predicted molar refractivity (Wildman–Crippen MR) is 109 cm³/mol. The summed E-state index contributed by atoms with van der Waals surface area (Å²) >= 11 is 3.23. The van der Waals surface area contributed by atoms with Crippen LogP contribution in [0.15, 0.2) is 17.5 Å². The molecule has 4 rings (SSSR count). The molecule has 2 atom stereocenters. The minimum Gasteiger partial charge on any atom is -0.351 e. The van der Waals surface area contributed by atoms with Crippen molar-refractivity contribution >= 4 is 40.4 Å². The maximum Gasteiger partial charge on any atom is 0.233 e. The van der Waals surface area contributed by atoms with Crippen molar-refractivity contribution in [2.75, 3.05) is 6.54 Å². The van der Waals surface area contributed by atoms with Gasteiger partial charge < -0.3 is 5.32 Å². The van der Waals surface area contributed by atoms with Gasteiger partial charge in [-0.15, -0.1) is 22.7 Å². The molecule has 2 aliphatic rings.